The maximum Gasteiger partial charge on any atom is 0.156 e. The van der Waals surface area contributed by atoms with Crippen molar-refractivity contribution in [2.24, 2.45) is 0 Å². The maximum atomic E-state index is 6.27. The molecule has 0 aliphatic rings. The van der Waals surface area contributed by atoms with E-state index in [0.29, 0.717) is 41.2 Å². The fourth-order valence-corrected chi connectivity index (χ4v) is 3.79. The number of hydrogen-bond donors (Lipinski definition) is 0. The van der Waals surface area contributed by atoms with Crippen molar-refractivity contribution in [2.75, 3.05) is 26.4 Å². The van der Waals surface area contributed by atoms with Gasteiger partial charge in [0.15, 0.2) is 5.75 Å². The summed E-state index contributed by atoms with van der Waals surface area (Å²) >= 11 is 23.7. The van der Waals surface area contributed by atoms with Crippen molar-refractivity contribution in [3.8, 4) is 23.0 Å². The van der Waals surface area contributed by atoms with Crippen molar-refractivity contribution in [3.05, 3.63) is 57.0 Å². The molecule has 0 atom stereocenters. The van der Waals surface area contributed by atoms with Gasteiger partial charge in [-0.3, -0.25) is 0 Å². The molecule has 0 heterocycles. The Morgan fingerprint density at radius 2 is 1.21 bits per heavy atom. The van der Waals surface area contributed by atoms with Crippen molar-refractivity contribution >= 4 is 46.4 Å². The quantitative estimate of drug-likeness (QED) is 0.184. The molecule has 2 aromatic carbocycles. The predicted octanol–water partition coefficient (Wildman–Crippen LogP) is 9.28. The summed E-state index contributed by atoms with van der Waals surface area (Å²) < 4.78 is 22.9. The van der Waals surface area contributed by atoms with Crippen LogP contribution in [0.5, 0.6) is 23.0 Å². The van der Waals surface area contributed by atoms with Gasteiger partial charge in [-0.05, 0) is 36.8 Å². The van der Waals surface area contributed by atoms with E-state index in [1.165, 1.54) is 38.2 Å². The lowest BCUT2D eigenvalue weighted by Crippen LogP contribution is -2.06. The van der Waals surface area contributed by atoms with Gasteiger partial charge in [-0.25, -0.2) is 0 Å². The van der Waals surface area contributed by atoms with E-state index in [1.54, 1.807) is 12.1 Å². The molecule has 2 aromatic rings. The Bertz CT molecular complexity index is 845. The first-order valence-corrected chi connectivity index (χ1v) is 13.1. The van der Waals surface area contributed by atoms with E-state index >= 15 is 0 Å². The molecule has 0 saturated carbocycles. The Kier molecular flexibility index (Phi) is 14.4. The van der Waals surface area contributed by atoms with E-state index in [1.807, 2.05) is 24.3 Å². The lowest BCUT2D eigenvalue weighted by atomic mass is 10.1. The first kappa shape index (κ1) is 28.8. The van der Waals surface area contributed by atoms with Gasteiger partial charge in [0, 0.05) is 18.6 Å². The monoisotopic (exact) mass is 548 g/mol. The van der Waals surface area contributed by atoms with Crippen LogP contribution in [0.15, 0.2) is 47.0 Å². The Morgan fingerprint density at radius 1 is 0.676 bits per heavy atom. The second-order valence-electron chi connectivity index (χ2n) is 7.66. The molecule has 0 saturated heterocycles. The zero-order valence-corrected chi connectivity index (χ0v) is 22.5. The molecule has 34 heavy (non-hydrogen) atoms. The molecule has 0 fully saturated rings. The van der Waals surface area contributed by atoms with Crippen LogP contribution in [0.4, 0.5) is 0 Å². The van der Waals surface area contributed by atoms with E-state index in [2.05, 4.69) is 6.92 Å². The summed E-state index contributed by atoms with van der Waals surface area (Å²) in [6.45, 7) is 4.09. The smallest absolute Gasteiger partial charge is 0.156 e. The summed E-state index contributed by atoms with van der Waals surface area (Å²) in [5.41, 5.74) is 0. The van der Waals surface area contributed by atoms with Crippen molar-refractivity contribution in [1.82, 2.24) is 0 Å². The molecule has 0 radical (unpaired) electrons. The van der Waals surface area contributed by atoms with Crippen molar-refractivity contribution in [1.29, 1.82) is 0 Å². The third kappa shape index (κ3) is 11.8. The molecule has 0 amide bonds. The molecule has 0 spiro atoms. The molecule has 0 bridgehead atoms. The second kappa shape index (κ2) is 17.0. The molecule has 188 valence electrons. The summed E-state index contributed by atoms with van der Waals surface area (Å²) in [6, 6.07) is 11.0. The van der Waals surface area contributed by atoms with Crippen LogP contribution >= 0.6 is 46.4 Å². The minimum Gasteiger partial charge on any atom is -0.494 e. The van der Waals surface area contributed by atoms with Gasteiger partial charge in [0.2, 0.25) is 0 Å². The van der Waals surface area contributed by atoms with Gasteiger partial charge in [0.1, 0.15) is 28.3 Å². The van der Waals surface area contributed by atoms with Crippen LogP contribution in [0.2, 0.25) is 10.0 Å². The minimum absolute atomic E-state index is 0.132. The standard InChI is InChI=1S/C26H32Cl4O4/c1-2-3-4-5-6-7-14-31-20-9-11-21(12-10-20)32-15-8-16-34-26-23(27)18-22(19-24(26)28)33-17-13-25(29)30/h9-13,18-19H,2-8,14-17H2,1H3. The molecule has 0 aromatic heterocycles. The molecular formula is C26H32Cl4O4. The maximum absolute atomic E-state index is 6.27. The lowest BCUT2D eigenvalue weighted by Gasteiger charge is -2.13. The van der Waals surface area contributed by atoms with Crippen LogP contribution in [-0.4, -0.2) is 26.4 Å². The molecule has 0 N–H and O–H groups in total. The third-order valence-corrected chi connectivity index (χ3v) is 5.72. The van der Waals surface area contributed by atoms with E-state index in [0.717, 1.165) is 24.5 Å². The van der Waals surface area contributed by atoms with Crippen molar-refractivity contribution < 1.29 is 18.9 Å². The van der Waals surface area contributed by atoms with Crippen LogP contribution in [-0.2, 0) is 0 Å². The molecule has 2 rings (SSSR count). The lowest BCUT2D eigenvalue weighted by molar-refractivity contribution is 0.247. The van der Waals surface area contributed by atoms with Crippen LogP contribution in [0.3, 0.4) is 0 Å². The van der Waals surface area contributed by atoms with Crippen molar-refractivity contribution in [3.63, 3.8) is 0 Å². The highest BCUT2D eigenvalue weighted by Gasteiger charge is 2.11. The van der Waals surface area contributed by atoms with Crippen LogP contribution < -0.4 is 18.9 Å². The summed E-state index contributed by atoms with van der Waals surface area (Å²) in [7, 11) is 0. The predicted molar refractivity (Wildman–Crippen MR) is 143 cm³/mol. The van der Waals surface area contributed by atoms with Gasteiger partial charge in [0.05, 0.1) is 29.9 Å². The second-order valence-corrected chi connectivity index (χ2v) is 9.48. The average molecular weight is 550 g/mol. The molecule has 0 aliphatic heterocycles. The fourth-order valence-electron chi connectivity index (χ4n) is 3.09. The third-order valence-electron chi connectivity index (χ3n) is 4.85. The zero-order valence-electron chi connectivity index (χ0n) is 19.5. The number of benzene rings is 2. The van der Waals surface area contributed by atoms with Crippen molar-refractivity contribution in [2.45, 2.75) is 51.9 Å². The van der Waals surface area contributed by atoms with Crippen LogP contribution in [0.1, 0.15) is 51.9 Å². The zero-order chi connectivity index (χ0) is 24.6. The highest BCUT2D eigenvalue weighted by atomic mass is 35.5. The Balaban J connectivity index is 1.64. The van der Waals surface area contributed by atoms with E-state index < -0.39 is 0 Å². The Labute approximate surface area is 223 Å². The van der Waals surface area contributed by atoms with Gasteiger partial charge in [-0.2, -0.15) is 0 Å². The van der Waals surface area contributed by atoms with Gasteiger partial charge in [0.25, 0.3) is 0 Å². The van der Waals surface area contributed by atoms with E-state index in [4.69, 9.17) is 65.4 Å². The highest BCUT2D eigenvalue weighted by molar-refractivity contribution is 6.55. The molecule has 4 nitrogen and oxygen atoms in total. The summed E-state index contributed by atoms with van der Waals surface area (Å²) in [6.07, 6.45) is 9.70. The number of ether oxygens (including phenoxy) is 4. The van der Waals surface area contributed by atoms with Gasteiger partial charge in [-0.1, -0.05) is 85.4 Å². The SMILES string of the molecule is CCCCCCCCOc1ccc(OCCCOc2c(Cl)cc(OCC=C(Cl)Cl)cc2Cl)cc1. The Morgan fingerprint density at radius 3 is 1.79 bits per heavy atom. The topological polar surface area (TPSA) is 36.9 Å². The van der Waals surface area contributed by atoms with E-state index in [9.17, 15) is 0 Å². The summed E-state index contributed by atoms with van der Waals surface area (Å²) in [5.74, 6) is 2.56. The molecule has 0 unspecified atom stereocenters. The highest BCUT2D eigenvalue weighted by Crippen LogP contribution is 2.37. The first-order valence-electron chi connectivity index (χ1n) is 11.6. The number of hydrogen-bond acceptors (Lipinski definition) is 4. The number of halogens is 4. The van der Waals surface area contributed by atoms with Gasteiger partial charge >= 0.3 is 0 Å². The minimum atomic E-state index is 0.132. The average Bonchev–Trinajstić information content (AvgIpc) is 2.80. The Hall–Kier alpha value is -1.46. The molecule has 0 aliphatic carbocycles. The number of unbranched alkanes of at least 4 members (excludes halogenated alkanes) is 5. The fraction of sp³-hybridized carbons (Fsp3) is 0.462. The summed E-state index contributed by atoms with van der Waals surface area (Å²) in [4.78, 5) is 0. The normalized spacial score (nSPS) is 10.6. The summed E-state index contributed by atoms with van der Waals surface area (Å²) in [5, 5.41) is 0.724. The van der Waals surface area contributed by atoms with Gasteiger partial charge < -0.3 is 18.9 Å². The van der Waals surface area contributed by atoms with Gasteiger partial charge in [-0.15, -0.1) is 0 Å². The largest absolute Gasteiger partial charge is 0.494 e. The number of rotatable bonds is 17. The molecular weight excluding hydrogens is 518 g/mol. The van der Waals surface area contributed by atoms with Crippen LogP contribution in [0.25, 0.3) is 0 Å². The van der Waals surface area contributed by atoms with Crippen LogP contribution in [0, 0.1) is 0 Å². The van der Waals surface area contributed by atoms with E-state index in [-0.39, 0.29) is 11.1 Å². The first-order chi connectivity index (χ1) is 16.5. The molecule has 8 heteroatoms.